The van der Waals surface area contributed by atoms with Gasteiger partial charge in [0.1, 0.15) is 17.1 Å². The first kappa shape index (κ1) is 18.5. The molecule has 3 aromatic carbocycles. The Bertz CT molecular complexity index is 1230. The van der Waals surface area contributed by atoms with E-state index in [-0.39, 0.29) is 11.7 Å². The highest BCUT2D eigenvalue weighted by atomic mass is 16.5. The molecule has 29 heavy (non-hydrogen) atoms. The normalized spacial score (nSPS) is 11.6. The van der Waals surface area contributed by atoms with Gasteiger partial charge in [0.05, 0.1) is 23.2 Å². The van der Waals surface area contributed by atoms with Gasteiger partial charge in [-0.3, -0.25) is 0 Å². The first-order valence-electron chi connectivity index (χ1n) is 9.28. The molecule has 0 fully saturated rings. The summed E-state index contributed by atoms with van der Waals surface area (Å²) in [7, 11) is 0. The first-order valence-corrected chi connectivity index (χ1v) is 9.28. The average molecular weight is 385 g/mol. The number of hydrogen-bond donors (Lipinski definition) is 1. The molecular weight excluding hydrogens is 366 g/mol. The number of carbonyl (C=O) groups excluding carboxylic acids is 1. The van der Waals surface area contributed by atoms with Crippen LogP contribution in [-0.2, 0) is 4.74 Å². The standard InChI is InChI=1S/C24H19NO4/c1-2-28-24(27)17-8-10-18(11-9-17)25-21-15-23(16-6-4-3-5-7-16)29-22-13-12-19(26)14-20(21)22/h3-15,26H,2H2,1H3. The third kappa shape index (κ3) is 4.04. The summed E-state index contributed by atoms with van der Waals surface area (Å²) in [6, 6.07) is 23.4. The molecule has 1 heterocycles. The van der Waals surface area contributed by atoms with Crippen molar-refractivity contribution in [2.75, 3.05) is 6.61 Å². The van der Waals surface area contributed by atoms with Crippen molar-refractivity contribution in [3.05, 3.63) is 89.8 Å². The van der Waals surface area contributed by atoms with Gasteiger partial charge in [-0.1, -0.05) is 30.3 Å². The second-order valence-corrected chi connectivity index (χ2v) is 6.42. The number of hydrogen-bond acceptors (Lipinski definition) is 5. The van der Waals surface area contributed by atoms with Gasteiger partial charge in [-0.25, -0.2) is 9.79 Å². The fourth-order valence-corrected chi connectivity index (χ4v) is 3.02. The zero-order valence-electron chi connectivity index (χ0n) is 15.8. The Hall–Kier alpha value is -3.86. The number of benzene rings is 3. The Morgan fingerprint density at radius 1 is 1.00 bits per heavy atom. The minimum atomic E-state index is -0.362. The maximum absolute atomic E-state index is 11.8. The second kappa shape index (κ2) is 8.02. The van der Waals surface area contributed by atoms with E-state index < -0.39 is 0 Å². The summed E-state index contributed by atoms with van der Waals surface area (Å²) in [6.07, 6.45) is 0. The molecule has 0 unspecified atom stereocenters. The molecule has 4 rings (SSSR count). The van der Waals surface area contributed by atoms with Crippen molar-refractivity contribution in [1.82, 2.24) is 0 Å². The lowest BCUT2D eigenvalue weighted by Gasteiger charge is -2.06. The highest BCUT2D eigenvalue weighted by Gasteiger charge is 2.08. The lowest BCUT2D eigenvalue weighted by molar-refractivity contribution is 0.0526. The molecule has 0 aliphatic heterocycles. The summed E-state index contributed by atoms with van der Waals surface area (Å²) < 4.78 is 11.0. The molecule has 0 spiro atoms. The summed E-state index contributed by atoms with van der Waals surface area (Å²) in [6.45, 7) is 2.10. The number of nitrogens with zero attached hydrogens (tertiary/aromatic N) is 1. The predicted molar refractivity (Wildman–Crippen MR) is 111 cm³/mol. The Morgan fingerprint density at radius 2 is 1.76 bits per heavy atom. The van der Waals surface area contributed by atoms with Gasteiger partial charge < -0.3 is 14.3 Å². The lowest BCUT2D eigenvalue weighted by atomic mass is 10.1. The van der Waals surface area contributed by atoms with Crippen LogP contribution in [0, 0.1) is 0 Å². The van der Waals surface area contributed by atoms with Crippen LogP contribution in [-0.4, -0.2) is 17.7 Å². The largest absolute Gasteiger partial charge is 0.508 e. The predicted octanol–water partition coefficient (Wildman–Crippen LogP) is 5.21. The van der Waals surface area contributed by atoms with Gasteiger partial charge in [-0.2, -0.15) is 0 Å². The van der Waals surface area contributed by atoms with Crippen molar-refractivity contribution in [3.63, 3.8) is 0 Å². The van der Waals surface area contributed by atoms with Gasteiger partial charge in [0.2, 0.25) is 0 Å². The van der Waals surface area contributed by atoms with Crippen molar-refractivity contribution >= 4 is 22.6 Å². The summed E-state index contributed by atoms with van der Waals surface area (Å²) in [5, 5.41) is 11.3. The maximum Gasteiger partial charge on any atom is 0.338 e. The smallest absolute Gasteiger partial charge is 0.338 e. The van der Waals surface area contributed by atoms with Crippen molar-refractivity contribution in [3.8, 4) is 17.1 Å². The summed E-state index contributed by atoms with van der Waals surface area (Å²) >= 11 is 0. The van der Waals surface area contributed by atoms with Gasteiger partial charge in [-0.15, -0.1) is 0 Å². The van der Waals surface area contributed by atoms with Crippen LogP contribution >= 0.6 is 0 Å². The molecule has 1 aromatic heterocycles. The molecule has 5 heteroatoms. The van der Waals surface area contributed by atoms with Crippen molar-refractivity contribution in [2.45, 2.75) is 6.92 Å². The minimum Gasteiger partial charge on any atom is -0.508 e. The van der Waals surface area contributed by atoms with E-state index in [0.29, 0.717) is 39.9 Å². The van der Waals surface area contributed by atoms with E-state index in [4.69, 9.17) is 14.1 Å². The van der Waals surface area contributed by atoms with E-state index >= 15 is 0 Å². The van der Waals surface area contributed by atoms with E-state index in [0.717, 1.165) is 5.56 Å². The molecule has 0 amide bonds. The Kier molecular flexibility index (Phi) is 5.12. The maximum atomic E-state index is 11.8. The number of fused-ring (bicyclic) bond motifs is 1. The fraction of sp³-hybridized carbons (Fsp3) is 0.0833. The van der Waals surface area contributed by atoms with Crippen LogP contribution < -0.4 is 5.36 Å². The topological polar surface area (TPSA) is 72.0 Å². The van der Waals surface area contributed by atoms with Crippen LogP contribution in [0.15, 0.2) is 88.3 Å². The number of phenols is 1. The molecule has 0 aliphatic carbocycles. The Morgan fingerprint density at radius 3 is 2.48 bits per heavy atom. The van der Waals surface area contributed by atoms with E-state index in [9.17, 15) is 9.90 Å². The Labute approximate surface area is 167 Å². The number of ether oxygens (including phenoxy) is 1. The zero-order chi connectivity index (χ0) is 20.2. The zero-order valence-corrected chi connectivity index (χ0v) is 15.8. The number of rotatable bonds is 4. The fourth-order valence-electron chi connectivity index (χ4n) is 3.02. The molecular formula is C24H19NO4. The molecule has 144 valence electrons. The van der Waals surface area contributed by atoms with Crippen LogP contribution in [0.2, 0.25) is 0 Å². The highest BCUT2D eigenvalue weighted by molar-refractivity contribution is 5.89. The van der Waals surface area contributed by atoms with Crippen LogP contribution in [0.5, 0.6) is 5.75 Å². The molecule has 0 aliphatic rings. The van der Waals surface area contributed by atoms with Gasteiger partial charge in [0.25, 0.3) is 0 Å². The summed E-state index contributed by atoms with van der Waals surface area (Å²) in [5.74, 6) is 0.444. The van der Waals surface area contributed by atoms with E-state index in [2.05, 4.69) is 0 Å². The third-order valence-corrected chi connectivity index (χ3v) is 4.41. The SMILES string of the molecule is CCOC(=O)c1ccc(N=c2cc(-c3ccccc3)oc3ccc(O)cc23)cc1. The van der Waals surface area contributed by atoms with Crippen molar-refractivity contribution in [1.29, 1.82) is 0 Å². The first-order chi connectivity index (χ1) is 14.1. The average Bonchev–Trinajstić information content (AvgIpc) is 2.75. The van der Waals surface area contributed by atoms with Gasteiger partial charge >= 0.3 is 5.97 Å². The van der Waals surface area contributed by atoms with Crippen molar-refractivity contribution in [2.24, 2.45) is 4.99 Å². The molecule has 0 saturated carbocycles. The lowest BCUT2D eigenvalue weighted by Crippen LogP contribution is -2.04. The number of carbonyl (C=O) groups is 1. The molecule has 0 radical (unpaired) electrons. The molecule has 0 saturated heterocycles. The van der Waals surface area contributed by atoms with Gasteiger partial charge in [0, 0.05) is 17.0 Å². The van der Waals surface area contributed by atoms with Crippen LogP contribution in [0.4, 0.5) is 5.69 Å². The summed E-state index contributed by atoms with van der Waals surface area (Å²) in [4.78, 5) is 16.6. The monoisotopic (exact) mass is 385 g/mol. The van der Waals surface area contributed by atoms with Crippen LogP contribution in [0.3, 0.4) is 0 Å². The van der Waals surface area contributed by atoms with E-state index in [1.54, 1.807) is 49.4 Å². The van der Waals surface area contributed by atoms with Crippen LogP contribution in [0.1, 0.15) is 17.3 Å². The molecule has 4 aromatic rings. The summed E-state index contributed by atoms with van der Waals surface area (Å²) in [5.41, 5.74) is 2.69. The quantitative estimate of drug-likeness (QED) is 0.489. The highest BCUT2D eigenvalue weighted by Crippen LogP contribution is 2.25. The number of esters is 1. The van der Waals surface area contributed by atoms with E-state index in [1.165, 1.54) is 0 Å². The molecule has 5 nitrogen and oxygen atoms in total. The number of phenolic OH excluding ortho intramolecular Hbond substituents is 1. The van der Waals surface area contributed by atoms with Gasteiger partial charge in [-0.05, 0) is 49.4 Å². The molecule has 1 N–H and O–H groups in total. The van der Waals surface area contributed by atoms with E-state index in [1.807, 2.05) is 36.4 Å². The second-order valence-electron chi connectivity index (χ2n) is 6.42. The molecule has 0 atom stereocenters. The molecule has 0 bridgehead atoms. The minimum absolute atomic E-state index is 0.134. The van der Waals surface area contributed by atoms with Gasteiger partial charge in [0.15, 0.2) is 0 Å². The Balaban J connectivity index is 1.85. The van der Waals surface area contributed by atoms with Crippen LogP contribution in [0.25, 0.3) is 22.3 Å². The van der Waals surface area contributed by atoms with Crippen molar-refractivity contribution < 1.29 is 19.1 Å². The third-order valence-electron chi connectivity index (χ3n) is 4.41. The number of aromatic hydroxyl groups is 1.